The van der Waals surface area contributed by atoms with Gasteiger partial charge in [-0.2, -0.15) is 5.48 Å². The first-order chi connectivity index (χ1) is 5.33. The summed E-state index contributed by atoms with van der Waals surface area (Å²) in [4.78, 5) is 5.15. The van der Waals surface area contributed by atoms with Crippen molar-refractivity contribution in [2.45, 2.75) is 25.8 Å². The van der Waals surface area contributed by atoms with E-state index in [1.807, 2.05) is 0 Å². The molecule has 1 rings (SSSR count). The standard InChI is InChI=1S/C8H17NO2/c1-7-5-8(6-7)9-11-4-3-10-2/h7-9H,3-6H2,1-2H3. The molecule has 0 saturated heterocycles. The van der Waals surface area contributed by atoms with Gasteiger partial charge in [-0.15, -0.1) is 0 Å². The Morgan fingerprint density at radius 1 is 1.36 bits per heavy atom. The van der Waals surface area contributed by atoms with Crippen molar-refractivity contribution >= 4 is 0 Å². The molecule has 3 nitrogen and oxygen atoms in total. The van der Waals surface area contributed by atoms with E-state index in [1.54, 1.807) is 7.11 Å². The molecule has 0 heterocycles. The molecule has 11 heavy (non-hydrogen) atoms. The van der Waals surface area contributed by atoms with E-state index in [9.17, 15) is 0 Å². The van der Waals surface area contributed by atoms with Gasteiger partial charge in [0, 0.05) is 13.2 Å². The van der Waals surface area contributed by atoms with Crippen LogP contribution >= 0.6 is 0 Å². The van der Waals surface area contributed by atoms with Crippen molar-refractivity contribution in [1.82, 2.24) is 5.48 Å². The van der Waals surface area contributed by atoms with Crippen LogP contribution in [0.2, 0.25) is 0 Å². The van der Waals surface area contributed by atoms with Crippen LogP contribution in [0.5, 0.6) is 0 Å². The van der Waals surface area contributed by atoms with Crippen molar-refractivity contribution in [2.24, 2.45) is 5.92 Å². The third-order valence-corrected chi connectivity index (χ3v) is 2.01. The van der Waals surface area contributed by atoms with Crippen LogP contribution in [0, 0.1) is 5.92 Å². The number of nitrogens with one attached hydrogen (secondary N) is 1. The van der Waals surface area contributed by atoms with Crippen molar-refractivity contribution in [2.75, 3.05) is 20.3 Å². The zero-order chi connectivity index (χ0) is 8.10. The molecule has 0 spiro atoms. The molecule has 0 radical (unpaired) electrons. The molecule has 0 bridgehead atoms. The van der Waals surface area contributed by atoms with Crippen LogP contribution < -0.4 is 5.48 Å². The molecule has 1 N–H and O–H groups in total. The number of hydrogen-bond acceptors (Lipinski definition) is 3. The largest absolute Gasteiger partial charge is 0.382 e. The highest BCUT2D eigenvalue weighted by Gasteiger charge is 2.24. The molecule has 1 saturated carbocycles. The summed E-state index contributed by atoms with van der Waals surface area (Å²) in [6.45, 7) is 3.56. The summed E-state index contributed by atoms with van der Waals surface area (Å²) in [6, 6.07) is 0.585. The molecular weight excluding hydrogens is 142 g/mol. The highest BCUT2D eigenvalue weighted by Crippen LogP contribution is 2.25. The fourth-order valence-corrected chi connectivity index (χ4v) is 1.30. The van der Waals surface area contributed by atoms with Crippen LogP contribution in [0.3, 0.4) is 0 Å². The maximum absolute atomic E-state index is 5.15. The first kappa shape index (κ1) is 8.97. The quantitative estimate of drug-likeness (QED) is 0.478. The van der Waals surface area contributed by atoms with Crippen LogP contribution in [0.25, 0.3) is 0 Å². The van der Waals surface area contributed by atoms with E-state index >= 15 is 0 Å². The molecule has 1 aliphatic carbocycles. The van der Waals surface area contributed by atoms with Crippen LogP contribution in [-0.4, -0.2) is 26.4 Å². The Morgan fingerprint density at radius 2 is 2.09 bits per heavy atom. The van der Waals surface area contributed by atoms with Crippen LogP contribution in [0.1, 0.15) is 19.8 Å². The maximum atomic E-state index is 5.15. The topological polar surface area (TPSA) is 30.5 Å². The van der Waals surface area contributed by atoms with Gasteiger partial charge >= 0.3 is 0 Å². The lowest BCUT2D eigenvalue weighted by Crippen LogP contribution is -2.40. The van der Waals surface area contributed by atoms with E-state index in [-0.39, 0.29) is 0 Å². The van der Waals surface area contributed by atoms with Crippen molar-refractivity contribution in [1.29, 1.82) is 0 Å². The molecule has 0 unspecified atom stereocenters. The van der Waals surface area contributed by atoms with Gasteiger partial charge in [0.15, 0.2) is 0 Å². The number of methoxy groups -OCH3 is 1. The van der Waals surface area contributed by atoms with Gasteiger partial charge in [-0.25, -0.2) is 0 Å². The summed E-state index contributed by atoms with van der Waals surface area (Å²) >= 11 is 0. The average Bonchev–Trinajstić information content (AvgIpc) is 1.94. The van der Waals surface area contributed by atoms with Gasteiger partial charge in [0.25, 0.3) is 0 Å². The highest BCUT2D eigenvalue weighted by molar-refractivity contribution is 4.79. The second-order valence-corrected chi connectivity index (χ2v) is 3.23. The third kappa shape index (κ3) is 3.18. The molecule has 1 fully saturated rings. The fraction of sp³-hybridized carbons (Fsp3) is 1.00. The van der Waals surface area contributed by atoms with Gasteiger partial charge in [-0.1, -0.05) is 6.92 Å². The van der Waals surface area contributed by atoms with E-state index in [1.165, 1.54) is 12.8 Å². The normalized spacial score (nSPS) is 30.0. The van der Waals surface area contributed by atoms with Gasteiger partial charge < -0.3 is 4.74 Å². The minimum atomic E-state index is 0.585. The van der Waals surface area contributed by atoms with Gasteiger partial charge in [0.05, 0.1) is 13.2 Å². The monoisotopic (exact) mass is 159 g/mol. The zero-order valence-corrected chi connectivity index (χ0v) is 7.30. The Kier molecular flexibility index (Phi) is 3.83. The van der Waals surface area contributed by atoms with E-state index in [2.05, 4.69) is 12.4 Å². The number of hydrogen-bond donors (Lipinski definition) is 1. The summed E-state index contributed by atoms with van der Waals surface area (Å²) < 4.78 is 4.83. The lowest BCUT2D eigenvalue weighted by Gasteiger charge is -2.32. The minimum absolute atomic E-state index is 0.585. The van der Waals surface area contributed by atoms with Crippen molar-refractivity contribution in [3.05, 3.63) is 0 Å². The number of hydroxylamine groups is 1. The smallest absolute Gasteiger partial charge is 0.0915 e. The Bertz CT molecular complexity index is 102. The lowest BCUT2D eigenvalue weighted by atomic mass is 9.82. The van der Waals surface area contributed by atoms with E-state index in [0.717, 1.165) is 5.92 Å². The molecule has 0 aromatic heterocycles. The lowest BCUT2D eigenvalue weighted by molar-refractivity contribution is -0.0357. The summed E-state index contributed by atoms with van der Waals surface area (Å²) in [7, 11) is 1.68. The highest BCUT2D eigenvalue weighted by atomic mass is 16.7. The molecule has 0 aliphatic heterocycles. The van der Waals surface area contributed by atoms with Crippen molar-refractivity contribution < 1.29 is 9.57 Å². The average molecular weight is 159 g/mol. The predicted octanol–water partition coefficient (Wildman–Crippen LogP) is 0.952. The van der Waals surface area contributed by atoms with Gasteiger partial charge in [-0.3, -0.25) is 4.84 Å². The molecule has 0 aromatic carbocycles. The molecular formula is C8H17NO2. The van der Waals surface area contributed by atoms with Crippen molar-refractivity contribution in [3.8, 4) is 0 Å². The molecule has 3 heteroatoms. The Balaban J connectivity index is 1.81. The Hall–Kier alpha value is -0.120. The SMILES string of the molecule is COCCONC1CC(C)C1. The predicted molar refractivity (Wildman–Crippen MR) is 43.1 cm³/mol. The van der Waals surface area contributed by atoms with Crippen molar-refractivity contribution in [3.63, 3.8) is 0 Å². The third-order valence-electron chi connectivity index (χ3n) is 2.01. The van der Waals surface area contributed by atoms with E-state index in [4.69, 9.17) is 9.57 Å². The number of rotatable bonds is 5. The second-order valence-electron chi connectivity index (χ2n) is 3.23. The zero-order valence-electron chi connectivity index (χ0n) is 7.30. The Labute approximate surface area is 68.0 Å². The number of ether oxygens (including phenoxy) is 1. The van der Waals surface area contributed by atoms with E-state index < -0.39 is 0 Å². The first-order valence-corrected chi connectivity index (χ1v) is 4.19. The van der Waals surface area contributed by atoms with Gasteiger partial charge in [-0.05, 0) is 18.8 Å². The minimum Gasteiger partial charge on any atom is -0.382 e. The summed E-state index contributed by atoms with van der Waals surface area (Å²) in [5, 5.41) is 0. The molecule has 0 aromatic rings. The maximum Gasteiger partial charge on any atom is 0.0915 e. The molecule has 1 aliphatic rings. The summed E-state index contributed by atoms with van der Waals surface area (Å²) in [6.07, 6.45) is 2.49. The molecule has 0 atom stereocenters. The first-order valence-electron chi connectivity index (χ1n) is 4.19. The Morgan fingerprint density at radius 3 is 2.64 bits per heavy atom. The molecule has 0 amide bonds. The van der Waals surface area contributed by atoms with Crippen LogP contribution in [-0.2, 0) is 9.57 Å². The van der Waals surface area contributed by atoms with Crippen LogP contribution in [0.4, 0.5) is 0 Å². The van der Waals surface area contributed by atoms with Gasteiger partial charge in [0.1, 0.15) is 0 Å². The fourth-order valence-electron chi connectivity index (χ4n) is 1.30. The molecule has 66 valence electrons. The van der Waals surface area contributed by atoms with Gasteiger partial charge in [0.2, 0.25) is 0 Å². The summed E-state index contributed by atoms with van der Waals surface area (Å²) in [5.74, 6) is 0.874. The second kappa shape index (κ2) is 4.70. The van der Waals surface area contributed by atoms with E-state index in [0.29, 0.717) is 19.3 Å². The van der Waals surface area contributed by atoms with Crippen LogP contribution in [0.15, 0.2) is 0 Å². The summed E-state index contributed by atoms with van der Waals surface area (Å²) in [5.41, 5.74) is 3.00.